The van der Waals surface area contributed by atoms with Gasteiger partial charge in [-0.05, 0) is 12.8 Å². The zero-order chi connectivity index (χ0) is 9.84. The van der Waals surface area contributed by atoms with Crippen LogP contribution in [0.1, 0.15) is 26.2 Å². The minimum Gasteiger partial charge on any atom is -0.469 e. The molecule has 0 radical (unpaired) electrons. The van der Waals surface area contributed by atoms with Gasteiger partial charge in [0.15, 0.2) is 0 Å². The molecule has 0 spiro atoms. The van der Waals surface area contributed by atoms with Crippen LogP contribution in [0, 0.1) is 0 Å². The summed E-state index contributed by atoms with van der Waals surface area (Å²) >= 11 is 0. The summed E-state index contributed by atoms with van der Waals surface area (Å²) in [6.45, 7) is 2.31. The van der Waals surface area contributed by atoms with E-state index in [1.807, 2.05) is 0 Å². The minimum atomic E-state index is -0.238. The first-order chi connectivity index (χ1) is 6.15. The number of amides is 1. The van der Waals surface area contributed by atoms with Gasteiger partial charge in [0.25, 0.3) is 0 Å². The van der Waals surface area contributed by atoms with Crippen LogP contribution in [0.5, 0.6) is 0 Å². The molecule has 0 bridgehead atoms. The largest absolute Gasteiger partial charge is 0.469 e. The van der Waals surface area contributed by atoms with Crippen molar-refractivity contribution in [3.05, 3.63) is 0 Å². The second-order valence-corrected chi connectivity index (χ2v) is 3.29. The third-order valence-corrected chi connectivity index (χ3v) is 2.41. The van der Waals surface area contributed by atoms with E-state index >= 15 is 0 Å². The molecule has 1 atom stereocenters. The summed E-state index contributed by atoms with van der Waals surface area (Å²) in [5.41, 5.74) is 0. The van der Waals surface area contributed by atoms with E-state index < -0.39 is 0 Å². The van der Waals surface area contributed by atoms with Gasteiger partial charge in [0.1, 0.15) is 0 Å². The molecule has 1 rings (SSSR count). The van der Waals surface area contributed by atoms with E-state index in [2.05, 4.69) is 4.74 Å². The van der Waals surface area contributed by atoms with Crippen LogP contribution in [0.25, 0.3) is 0 Å². The van der Waals surface area contributed by atoms with Crippen molar-refractivity contribution >= 4 is 11.9 Å². The van der Waals surface area contributed by atoms with Gasteiger partial charge in [-0.1, -0.05) is 0 Å². The predicted octanol–water partition coefficient (Wildman–Crippen LogP) is 0.560. The molecule has 1 amide bonds. The first-order valence-corrected chi connectivity index (χ1v) is 4.49. The number of carbonyl (C=O) groups is 2. The molecule has 1 aliphatic rings. The van der Waals surface area contributed by atoms with Gasteiger partial charge >= 0.3 is 5.97 Å². The van der Waals surface area contributed by atoms with Crippen LogP contribution in [0.3, 0.4) is 0 Å². The Balaban J connectivity index is 2.48. The third-order valence-electron chi connectivity index (χ3n) is 2.41. The number of likely N-dealkylation sites (tertiary alicyclic amines) is 1. The maximum atomic E-state index is 11.1. The summed E-state index contributed by atoms with van der Waals surface area (Å²) in [7, 11) is 1.37. The fourth-order valence-corrected chi connectivity index (χ4v) is 1.74. The van der Waals surface area contributed by atoms with Gasteiger partial charge < -0.3 is 9.64 Å². The predicted molar refractivity (Wildman–Crippen MR) is 47.0 cm³/mol. The van der Waals surface area contributed by atoms with Crippen LogP contribution in [0.4, 0.5) is 0 Å². The second-order valence-electron chi connectivity index (χ2n) is 3.29. The van der Waals surface area contributed by atoms with Crippen LogP contribution in [-0.4, -0.2) is 36.5 Å². The van der Waals surface area contributed by atoms with Crippen LogP contribution in [-0.2, 0) is 14.3 Å². The lowest BCUT2D eigenvalue weighted by atomic mass is 10.1. The summed E-state index contributed by atoms with van der Waals surface area (Å²) < 4.78 is 4.56. The number of carbonyl (C=O) groups excluding carboxylic acids is 2. The Kier molecular flexibility index (Phi) is 3.28. The summed E-state index contributed by atoms with van der Waals surface area (Å²) in [5.74, 6) is -0.190. The molecule has 0 aliphatic carbocycles. The number of esters is 1. The molecule has 1 heterocycles. The Morgan fingerprint density at radius 1 is 1.54 bits per heavy atom. The van der Waals surface area contributed by atoms with E-state index in [9.17, 15) is 9.59 Å². The molecule has 0 aromatic carbocycles. The highest BCUT2D eigenvalue weighted by Crippen LogP contribution is 2.20. The monoisotopic (exact) mass is 185 g/mol. The number of ether oxygens (including phenoxy) is 1. The van der Waals surface area contributed by atoms with E-state index in [0.29, 0.717) is 6.42 Å². The lowest BCUT2D eigenvalue weighted by Crippen LogP contribution is -2.35. The third kappa shape index (κ3) is 2.44. The highest BCUT2D eigenvalue weighted by atomic mass is 16.5. The van der Waals surface area contributed by atoms with Gasteiger partial charge in [-0.15, -0.1) is 0 Å². The number of methoxy groups -OCH3 is 1. The molecule has 4 heteroatoms. The Morgan fingerprint density at radius 3 is 2.77 bits per heavy atom. The minimum absolute atomic E-state index is 0.0476. The van der Waals surface area contributed by atoms with Gasteiger partial charge in [-0.3, -0.25) is 9.59 Å². The zero-order valence-corrected chi connectivity index (χ0v) is 8.08. The summed E-state index contributed by atoms with van der Waals surface area (Å²) in [5, 5.41) is 0. The van der Waals surface area contributed by atoms with Gasteiger partial charge in [0, 0.05) is 19.5 Å². The highest BCUT2D eigenvalue weighted by molar-refractivity contribution is 5.76. The molecule has 1 fully saturated rings. The smallest absolute Gasteiger partial charge is 0.307 e. The average molecular weight is 185 g/mol. The molecule has 4 nitrogen and oxygen atoms in total. The van der Waals surface area contributed by atoms with Crippen LogP contribution < -0.4 is 0 Å². The summed E-state index contributed by atoms with van der Waals surface area (Å²) in [4.78, 5) is 23.8. The average Bonchev–Trinajstić information content (AvgIpc) is 2.52. The summed E-state index contributed by atoms with van der Waals surface area (Å²) in [6.07, 6.45) is 2.23. The van der Waals surface area contributed by atoms with Crippen LogP contribution >= 0.6 is 0 Å². The van der Waals surface area contributed by atoms with Gasteiger partial charge in [0.05, 0.1) is 13.5 Å². The van der Waals surface area contributed by atoms with Crippen molar-refractivity contribution in [1.29, 1.82) is 0 Å². The van der Waals surface area contributed by atoms with Crippen molar-refractivity contribution in [1.82, 2.24) is 4.90 Å². The number of nitrogens with zero attached hydrogens (tertiary/aromatic N) is 1. The van der Waals surface area contributed by atoms with Gasteiger partial charge in [-0.25, -0.2) is 0 Å². The van der Waals surface area contributed by atoms with E-state index in [1.165, 1.54) is 14.0 Å². The molecule has 0 unspecified atom stereocenters. The van der Waals surface area contributed by atoms with Crippen molar-refractivity contribution < 1.29 is 14.3 Å². The Labute approximate surface area is 77.8 Å². The summed E-state index contributed by atoms with van der Waals surface area (Å²) in [6, 6.07) is 0.0601. The normalized spacial score (nSPS) is 21.7. The SMILES string of the molecule is COC(=O)C[C@H]1CCCN1C(C)=O. The van der Waals surface area contributed by atoms with Crippen molar-refractivity contribution in [3.8, 4) is 0 Å². The topological polar surface area (TPSA) is 46.6 Å². The second kappa shape index (κ2) is 4.25. The van der Waals surface area contributed by atoms with E-state index in [-0.39, 0.29) is 17.9 Å². The highest BCUT2D eigenvalue weighted by Gasteiger charge is 2.28. The Morgan fingerprint density at radius 2 is 2.23 bits per heavy atom. The van der Waals surface area contributed by atoms with Crippen LogP contribution in [0.2, 0.25) is 0 Å². The molecule has 1 aliphatic heterocycles. The van der Waals surface area contributed by atoms with E-state index in [1.54, 1.807) is 4.90 Å². The maximum Gasteiger partial charge on any atom is 0.307 e. The molecular formula is C9H15NO3. The van der Waals surface area contributed by atoms with E-state index in [4.69, 9.17) is 0 Å². The molecule has 1 saturated heterocycles. The molecule has 13 heavy (non-hydrogen) atoms. The molecule has 0 N–H and O–H groups in total. The maximum absolute atomic E-state index is 11.1. The van der Waals surface area contributed by atoms with E-state index in [0.717, 1.165) is 19.4 Å². The molecule has 74 valence electrons. The lowest BCUT2D eigenvalue weighted by Gasteiger charge is -2.21. The Hall–Kier alpha value is -1.06. The molecule has 0 saturated carbocycles. The standard InChI is InChI=1S/C9H15NO3/c1-7(11)10-5-3-4-8(10)6-9(12)13-2/h8H,3-6H2,1-2H3/t8-/m1/s1. The first-order valence-electron chi connectivity index (χ1n) is 4.49. The van der Waals surface area contributed by atoms with Crippen molar-refractivity contribution in [2.24, 2.45) is 0 Å². The molecular weight excluding hydrogens is 170 g/mol. The van der Waals surface area contributed by atoms with Crippen LogP contribution in [0.15, 0.2) is 0 Å². The number of hydrogen-bond donors (Lipinski definition) is 0. The Bertz CT molecular complexity index is 215. The molecule has 0 aromatic heterocycles. The van der Waals surface area contributed by atoms with Crippen molar-refractivity contribution in [2.45, 2.75) is 32.2 Å². The fourth-order valence-electron chi connectivity index (χ4n) is 1.74. The number of rotatable bonds is 2. The molecule has 0 aromatic rings. The first kappa shape index (κ1) is 10.0. The van der Waals surface area contributed by atoms with Crippen molar-refractivity contribution in [2.75, 3.05) is 13.7 Å². The zero-order valence-electron chi connectivity index (χ0n) is 8.08. The number of hydrogen-bond acceptors (Lipinski definition) is 3. The van der Waals surface area contributed by atoms with Gasteiger partial charge in [-0.2, -0.15) is 0 Å². The van der Waals surface area contributed by atoms with Gasteiger partial charge in [0.2, 0.25) is 5.91 Å². The fraction of sp³-hybridized carbons (Fsp3) is 0.778. The lowest BCUT2D eigenvalue weighted by molar-refractivity contribution is -0.142. The quantitative estimate of drug-likeness (QED) is 0.590. The van der Waals surface area contributed by atoms with Crippen molar-refractivity contribution in [3.63, 3.8) is 0 Å².